The monoisotopic (exact) mass is 242 g/mol. The molecule has 0 bridgehead atoms. The number of hydrogen-bond donors (Lipinski definition) is 1. The van der Waals surface area contributed by atoms with Gasteiger partial charge in [-0.3, -0.25) is 4.79 Å². The summed E-state index contributed by atoms with van der Waals surface area (Å²) >= 11 is 0. The van der Waals surface area contributed by atoms with E-state index in [2.05, 4.69) is 17.2 Å². The van der Waals surface area contributed by atoms with Gasteiger partial charge in [-0.25, -0.2) is 0 Å². The van der Waals surface area contributed by atoms with E-state index in [0.717, 1.165) is 31.5 Å². The van der Waals surface area contributed by atoms with Crippen molar-refractivity contribution >= 4 is 5.91 Å². The second-order valence-electron chi connectivity index (χ2n) is 4.51. The molecule has 1 fully saturated rings. The third-order valence-electron chi connectivity index (χ3n) is 3.26. The highest BCUT2D eigenvalue weighted by Crippen LogP contribution is 2.09. The number of amides is 1. The molecular weight excluding hydrogens is 224 g/mol. The Bertz CT molecular complexity index is 452. The minimum Gasteiger partial charge on any atom is -0.332 e. The van der Waals surface area contributed by atoms with E-state index in [1.54, 1.807) is 4.90 Å². The highest BCUT2D eigenvalue weighted by Gasteiger charge is 2.20. The first-order chi connectivity index (χ1) is 8.77. The van der Waals surface area contributed by atoms with Gasteiger partial charge in [0.15, 0.2) is 0 Å². The molecule has 0 unspecified atom stereocenters. The summed E-state index contributed by atoms with van der Waals surface area (Å²) in [5.74, 6) is 5.53. The molecule has 0 radical (unpaired) electrons. The number of carbonyl (C=O) groups is 1. The lowest BCUT2D eigenvalue weighted by Gasteiger charge is -2.30. The molecule has 1 saturated heterocycles. The van der Waals surface area contributed by atoms with Crippen LogP contribution in [0, 0.1) is 11.8 Å². The van der Waals surface area contributed by atoms with E-state index in [1.807, 2.05) is 37.4 Å². The van der Waals surface area contributed by atoms with Gasteiger partial charge >= 0.3 is 0 Å². The zero-order chi connectivity index (χ0) is 12.8. The molecule has 0 spiro atoms. The lowest BCUT2D eigenvalue weighted by Crippen LogP contribution is -2.43. The van der Waals surface area contributed by atoms with Crippen molar-refractivity contribution in [1.82, 2.24) is 10.2 Å². The Morgan fingerprint density at radius 2 is 1.94 bits per heavy atom. The predicted octanol–water partition coefficient (Wildman–Crippen LogP) is 1.25. The van der Waals surface area contributed by atoms with Gasteiger partial charge in [0, 0.05) is 24.6 Å². The third kappa shape index (κ3) is 3.35. The molecule has 2 rings (SSSR count). The van der Waals surface area contributed by atoms with Crippen LogP contribution in [0.3, 0.4) is 0 Å². The Morgan fingerprint density at radius 1 is 1.28 bits per heavy atom. The average molecular weight is 242 g/mol. The van der Waals surface area contributed by atoms with Crippen LogP contribution in [0.25, 0.3) is 0 Å². The Balaban J connectivity index is 1.97. The minimum atomic E-state index is -0.0919. The number of nitrogens with one attached hydrogen (secondary N) is 1. The molecule has 18 heavy (non-hydrogen) atoms. The van der Waals surface area contributed by atoms with E-state index in [0.29, 0.717) is 6.04 Å². The number of hydrogen-bond acceptors (Lipinski definition) is 2. The highest BCUT2D eigenvalue weighted by atomic mass is 16.2. The smallest absolute Gasteiger partial charge is 0.298 e. The molecule has 3 nitrogen and oxygen atoms in total. The summed E-state index contributed by atoms with van der Waals surface area (Å²) < 4.78 is 0. The van der Waals surface area contributed by atoms with Crippen molar-refractivity contribution in [3.63, 3.8) is 0 Å². The van der Waals surface area contributed by atoms with Crippen molar-refractivity contribution in [3.05, 3.63) is 35.9 Å². The van der Waals surface area contributed by atoms with Gasteiger partial charge < -0.3 is 10.2 Å². The zero-order valence-corrected chi connectivity index (χ0v) is 10.6. The van der Waals surface area contributed by atoms with Gasteiger partial charge in [0.1, 0.15) is 0 Å². The Kier molecular flexibility index (Phi) is 4.38. The van der Waals surface area contributed by atoms with Gasteiger partial charge in [0.2, 0.25) is 0 Å². The molecule has 0 aliphatic carbocycles. The Hall–Kier alpha value is -1.79. The van der Waals surface area contributed by atoms with E-state index < -0.39 is 0 Å². The first-order valence-corrected chi connectivity index (χ1v) is 6.32. The molecule has 3 heteroatoms. The van der Waals surface area contributed by atoms with Crippen molar-refractivity contribution in [2.75, 3.05) is 20.1 Å². The molecule has 1 aromatic carbocycles. The summed E-state index contributed by atoms with van der Waals surface area (Å²) in [6, 6.07) is 9.92. The fourth-order valence-corrected chi connectivity index (χ4v) is 2.10. The molecule has 1 aliphatic heterocycles. The Labute approximate surface area is 108 Å². The molecule has 1 aliphatic rings. The largest absolute Gasteiger partial charge is 0.332 e. The van der Waals surface area contributed by atoms with Gasteiger partial charge in [-0.1, -0.05) is 24.1 Å². The second-order valence-corrected chi connectivity index (χ2v) is 4.51. The topological polar surface area (TPSA) is 32.3 Å². The quantitative estimate of drug-likeness (QED) is 0.752. The molecule has 1 heterocycles. The number of rotatable bonds is 1. The summed E-state index contributed by atoms with van der Waals surface area (Å²) in [5.41, 5.74) is 0.879. The lowest BCUT2D eigenvalue weighted by molar-refractivity contribution is -0.126. The van der Waals surface area contributed by atoms with E-state index in [-0.39, 0.29) is 5.91 Å². The maximum atomic E-state index is 11.9. The van der Waals surface area contributed by atoms with Gasteiger partial charge in [-0.2, -0.15) is 0 Å². The summed E-state index contributed by atoms with van der Waals surface area (Å²) in [4.78, 5) is 13.7. The van der Waals surface area contributed by atoms with Crippen molar-refractivity contribution in [1.29, 1.82) is 0 Å². The molecule has 0 atom stereocenters. The van der Waals surface area contributed by atoms with E-state index in [4.69, 9.17) is 0 Å². The fraction of sp³-hybridized carbons (Fsp3) is 0.400. The minimum absolute atomic E-state index is 0.0919. The second kappa shape index (κ2) is 6.23. The van der Waals surface area contributed by atoms with Crippen molar-refractivity contribution in [2.45, 2.75) is 18.9 Å². The molecule has 1 aromatic rings. The van der Waals surface area contributed by atoms with Crippen molar-refractivity contribution in [2.24, 2.45) is 0 Å². The fourth-order valence-electron chi connectivity index (χ4n) is 2.10. The summed E-state index contributed by atoms with van der Waals surface area (Å²) in [5, 5.41) is 3.29. The SMILES string of the molecule is CN(C(=O)C#Cc1ccccc1)C1CCNCC1. The maximum Gasteiger partial charge on any atom is 0.298 e. The molecule has 0 aromatic heterocycles. The highest BCUT2D eigenvalue weighted by molar-refractivity contribution is 5.94. The van der Waals surface area contributed by atoms with Gasteiger partial charge in [-0.15, -0.1) is 0 Å². The number of carbonyl (C=O) groups excluding carboxylic acids is 1. The van der Waals surface area contributed by atoms with Crippen molar-refractivity contribution < 1.29 is 4.79 Å². The standard InChI is InChI=1S/C15H18N2O/c1-17(14-9-11-16-12-10-14)15(18)8-7-13-5-3-2-4-6-13/h2-6,14,16H,9-12H2,1H3. The molecule has 94 valence electrons. The number of nitrogens with zero attached hydrogens (tertiary/aromatic N) is 1. The molecule has 1 N–H and O–H groups in total. The average Bonchev–Trinajstić information content (AvgIpc) is 2.46. The molecule has 1 amide bonds. The lowest BCUT2D eigenvalue weighted by atomic mass is 10.1. The number of benzene rings is 1. The van der Waals surface area contributed by atoms with Gasteiger partial charge in [0.25, 0.3) is 5.91 Å². The van der Waals surface area contributed by atoms with E-state index in [9.17, 15) is 4.79 Å². The van der Waals surface area contributed by atoms with Crippen molar-refractivity contribution in [3.8, 4) is 11.8 Å². The van der Waals surface area contributed by atoms with E-state index in [1.165, 1.54) is 0 Å². The predicted molar refractivity (Wildman–Crippen MR) is 72.0 cm³/mol. The van der Waals surface area contributed by atoms with Gasteiger partial charge in [-0.05, 0) is 38.1 Å². The summed E-state index contributed by atoms with van der Waals surface area (Å²) in [6.45, 7) is 1.96. The molecular formula is C15H18N2O. The van der Waals surface area contributed by atoms with Crippen LogP contribution < -0.4 is 5.32 Å². The van der Waals surface area contributed by atoms with Crippen LogP contribution in [-0.4, -0.2) is 37.0 Å². The van der Waals surface area contributed by atoms with Crippen LogP contribution >= 0.6 is 0 Å². The molecule has 0 saturated carbocycles. The van der Waals surface area contributed by atoms with Crippen LogP contribution in [-0.2, 0) is 4.79 Å². The first-order valence-electron chi connectivity index (χ1n) is 6.32. The first kappa shape index (κ1) is 12.7. The van der Waals surface area contributed by atoms with Crippen LogP contribution in [0.1, 0.15) is 18.4 Å². The van der Waals surface area contributed by atoms with E-state index >= 15 is 0 Å². The van der Waals surface area contributed by atoms with Crippen LogP contribution in [0.15, 0.2) is 30.3 Å². The summed E-state index contributed by atoms with van der Waals surface area (Å²) in [6.07, 6.45) is 2.02. The van der Waals surface area contributed by atoms with Crippen LogP contribution in [0.4, 0.5) is 0 Å². The normalized spacial score (nSPS) is 15.6. The zero-order valence-electron chi connectivity index (χ0n) is 10.6. The Morgan fingerprint density at radius 3 is 2.61 bits per heavy atom. The maximum absolute atomic E-state index is 11.9. The third-order valence-corrected chi connectivity index (χ3v) is 3.26. The van der Waals surface area contributed by atoms with Crippen LogP contribution in [0.2, 0.25) is 0 Å². The number of piperidine rings is 1. The van der Waals surface area contributed by atoms with Crippen LogP contribution in [0.5, 0.6) is 0 Å². The van der Waals surface area contributed by atoms with Gasteiger partial charge in [0.05, 0.1) is 0 Å². The summed E-state index contributed by atoms with van der Waals surface area (Å²) in [7, 11) is 1.85.